The number of hydrogen-bond donors (Lipinski definition) is 1. The largest absolute Gasteiger partial charge is 0.313 e. The van der Waals surface area contributed by atoms with Gasteiger partial charge in [-0.25, -0.2) is 0 Å². The van der Waals surface area contributed by atoms with E-state index in [2.05, 4.69) is 29.2 Å². The van der Waals surface area contributed by atoms with Crippen LogP contribution >= 0.6 is 0 Å². The highest BCUT2D eigenvalue weighted by molar-refractivity contribution is 4.78. The third kappa shape index (κ3) is 4.52. The number of likely N-dealkylation sites (N-methyl/N-ethyl adjacent to an activating group) is 1. The Balaban J connectivity index is 1.62. The van der Waals surface area contributed by atoms with E-state index in [9.17, 15) is 0 Å². The van der Waals surface area contributed by atoms with Crippen molar-refractivity contribution in [1.82, 2.24) is 15.1 Å². The molecule has 3 nitrogen and oxygen atoms in total. The van der Waals surface area contributed by atoms with Crippen LogP contribution < -0.4 is 5.32 Å². The molecule has 3 heteroatoms. The fraction of sp³-hybridized carbons (Fsp3) is 1.00. The van der Waals surface area contributed by atoms with Crippen LogP contribution in [0.25, 0.3) is 0 Å². The summed E-state index contributed by atoms with van der Waals surface area (Å²) in [5.74, 6) is 0. The SMILES string of the molecule is CN(CCC1CCCCN1C)CC1CCCCN1. The molecule has 106 valence electrons. The van der Waals surface area contributed by atoms with Crippen molar-refractivity contribution in [3.05, 3.63) is 0 Å². The van der Waals surface area contributed by atoms with Crippen LogP contribution in [0.4, 0.5) is 0 Å². The Hall–Kier alpha value is -0.120. The number of nitrogens with zero attached hydrogens (tertiary/aromatic N) is 2. The lowest BCUT2D eigenvalue weighted by Gasteiger charge is -2.34. The van der Waals surface area contributed by atoms with E-state index in [0.29, 0.717) is 0 Å². The Morgan fingerprint density at radius 3 is 2.72 bits per heavy atom. The van der Waals surface area contributed by atoms with E-state index >= 15 is 0 Å². The second kappa shape index (κ2) is 7.46. The van der Waals surface area contributed by atoms with E-state index in [4.69, 9.17) is 0 Å². The summed E-state index contributed by atoms with van der Waals surface area (Å²) in [7, 11) is 4.59. The maximum absolute atomic E-state index is 3.64. The first-order valence-corrected chi connectivity index (χ1v) is 7.88. The molecule has 2 heterocycles. The zero-order valence-electron chi connectivity index (χ0n) is 12.3. The van der Waals surface area contributed by atoms with Gasteiger partial charge >= 0.3 is 0 Å². The van der Waals surface area contributed by atoms with E-state index in [1.165, 1.54) is 71.1 Å². The van der Waals surface area contributed by atoms with Crippen LogP contribution in [0.1, 0.15) is 44.9 Å². The number of hydrogen-bond acceptors (Lipinski definition) is 3. The van der Waals surface area contributed by atoms with Gasteiger partial charge in [0.15, 0.2) is 0 Å². The van der Waals surface area contributed by atoms with Crippen LogP contribution in [0, 0.1) is 0 Å². The van der Waals surface area contributed by atoms with E-state index in [1.807, 2.05) is 0 Å². The molecule has 0 aromatic rings. The highest BCUT2D eigenvalue weighted by Gasteiger charge is 2.20. The molecule has 2 aliphatic heterocycles. The summed E-state index contributed by atoms with van der Waals surface area (Å²) in [6.45, 7) is 5.02. The van der Waals surface area contributed by atoms with Crippen molar-refractivity contribution >= 4 is 0 Å². The lowest BCUT2D eigenvalue weighted by Crippen LogP contribution is -2.44. The molecule has 18 heavy (non-hydrogen) atoms. The Morgan fingerprint density at radius 1 is 1.17 bits per heavy atom. The average Bonchev–Trinajstić information content (AvgIpc) is 2.39. The van der Waals surface area contributed by atoms with Gasteiger partial charge in [-0.2, -0.15) is 0 Å². The van der Waals surface area contributed by atoms with Gasteiger partial charge in [-0.05, 0) is 65.8 Å². The van der Waals surface area contributed by atoms with Crippen LogP contribution in [0.2, 0.25) is 0 Å². The molecular weight excluding hydrogens is 222 g/mol. The second-order valence-electron chi connectivity index (χ2n) is 6.33. The molecule has 0 aromatic carbocycles. The molecule has 2 unspecified atom stereocenters. The molecule has 2 fully saturated rings. The number of rotatable bonds is 5. The van der Waals surface area contributed by atoms with Crippen molar-refractivity contribution in [3.8, 4) is 0 Å². The van der Waals surface area contributed by atoms with Crippen molar-refractivity contribution in [3.63, 3.8) is 0 Å². The monoisotopic (exact) mass is 253 g/mol. The van der Waals surface area contributed by atoms with Crippen molar-refractivity contribution in [2.45, 2.75) is 57.0 Å². The summed E-state index contributed by atoms with van der Waals surface area (Å²) in [6.07, 6.45) is 9.74. The molecule has 0 aromatic heterocycles. The highest BCUT2D eigenvalue weighted by Crippen LogP contribution is 2.18. The molecule has 2 aliphatic rings. The van der Waals surface area contributed by atoms with Crippen LogP contribution in [-0.4, -0.2) is 62.2 Å². The predicted molar refractivity (Wildman–Crippen MR) is 78.0 cm³/mol. The van der Waals surface area contributed by atoms with Gasteiger partial charge in [-0.1, -0.05) is 12.8 Å². The van der Waals surface area contributed by atoms with E-state index in [-0.39, 0.29) is 0 Å². The molecule has 1 N–H and O–H groups in total. The van der Waals surface area contributed by atoms with E-state index in [0.717, 1.165) is 12.1 Å². The zero-order chi connectivity index (χ0) is 12.8. The molecule has 2 saturated heterocycles. The number of piperidine rings is 2. The van der Waals surface area contributed by atoms with Crippen LogP contribution in [0.3, 0.4) is 0 Å². The van der Waals surface area contributed by atoms with Crippen LogP contribution in [0.5, 0.6) is 0 Å². The smallest absolute Gasteiger partial charge is 0.0194 e. The molecule has 0 aliphatic carbocycles. The van der Waals surface area contributed by atoms with Crippen molar-refractivity contribution in [2.75, 3.05) is 40.3 Å². The van der Waals surface area contributed by atoms with Gasteiger partial charge < -0.3 is 15.1 Å². The maximum Gasteiger partial charge on any atom is 0.0194 e. The summed E-state index contributed by atoms with van der Waals surface area (Å²) in [6, 6.07) is 1.58. The minimum Gasteiger partial charge on any atom is -0.313 e. The Morgan fingerprint density at radius 2 is 2.00 bits per heavy atom. The fourth-order valence-corrected chi connectivity index (χ4v) is 3.43. The van der Waals surface area contributed by atoms with Crippen LogP contribution in [0.15, 0.2) is 0 Å². The van der Waals surface area contributed by atoms with Crippen molar-refractivity contribution in [1.29, 1.82) is 0 Å². The van der Waals surface area contributed by atoms with Gasteiger partial charge in [0.25, 0.3) is 0 Å². The average molecular weight is 253 g/mol. The quantitative estimate of drug-likeness (QED) is 0.808. The van der Waals surface area contributed by atoms with E-state index < -0.39 is 0 Å². The first kappa shape index (κ1) is 14.3. The Bertz CT molecular complexity index is 226. The van der Waals surface area contributed by atoms with Gasteiger partial charge in [0.2, 0.25) is 0 Å². The summed E-state index contributed by atoms with van der Waals surface area (Å²) in [5.41, 5.74) is 0. The van der Waals surface area contributed by atoms with Gasteiger partial charge in [0.05, 0.1) is 0 Å². The van der Waals surface area contributed by atoms with E-state index in [1.54, 1.807) is 0 Å². The molecule has 0 saturated carbocycles. The Kier molecular flexibility index (Phi) is 5.93. The number of nitrogens with one attached hydrogen (secondary N) is 1. The fourth-order valence-electron chi connectivity index (χ4n) is 3.43. The van der Waals surface area contributed by atoms with Gasteiger partial charge in [-0.3, -0.25) is 0 Å². The summed E-state index contributed by atoms with van der Waals surface area (Å²) in [5, 5.41) is 3.64. The normalized spacial score (nSPS) is 30.8. The van der Waals surface area contributed by atoms with Gasteiger partial charge in [-0.15, -0.1) is 0 Å². The topological polar surface area (TPSA) is 18.5 Å². The zero-order valence-corrected chi connectivity index (χ0v) is 12.3. The van der Waals surface area contributed by atoms with Crippen molar-refractivity contribution in [2.24, 2.45) is 0 Å². The molecule has 0 amide bonds. The molecular formula is C15H31N3. The number of likely N-dealkylation sites (tertiary alicyclic amines) is 1. The highest BCUT2D eigenvalue weighted by atomic mass is 15.2. The van der Waals surface area contributed by atoms with Gasteiger partial charge in [0.1, 0.15) is 0 Å². The Labute approximate surface area is 113 Å². The minimum atomic E-state index is 0.743. The third-order valence-corrected chi connectivity index (χ3v) is 4.71. The third-order valence-electron chi connectivity index (χ3n) is 4.71. The lowest BCUT2D eigenvalue weighted by molar-refractivity contribution is 0.156. The summed E-state index contributed by atoms with van der Waals surface area (Å²) >= 11 is 0. The summed E-state index contributed by atoms with van der Waals surface area (Å²) in [4.78, 5) is 5.10. The van der Waals surface area contributed by atoms with Crippen LogP contribution in [-0.2, 0) is 0 Å². The lowest BCUT2D eigenvalue weighted by atomic mass is 9.99. The standard InChI is InChI=1S/C15H31N3/c1-17(13-14-7-3-5-10-16-14)12-9-15-8-4-6-11-18(15)2/h14-16H,3-13H2,1-2H3. The summed E-state index contributed by atoms with van der Waals surface area (Å²) < 4.78 is 0. The first-order valence-electron chi connectivity index (χ1n) is 7.88. The van der Waals surface area contributed by atoms with Crippen molar-refractivity contribution < 1.29 is 0 Å². The molecule has 0 spiro atoms. The second-order valence-corrected chi connectivity index (χ2v) is 6.33. The minimum absolute atomic E-state index is 0.743. The molecule has 0 radical (unpaired) electrons. The molecule has 0 bridgehead atoms. The molecule has 2 rings (SSSR count). The predicted octanol–water partition coefficient (Wildman–Crippen LogP) is 1.93. The molecule has 2 atom stereocenters. The maximum atomic E-state index is 3.64. The first-order chi connectivity index (χ1) is 8.75. The van der Waals surface area contributed by atoms with Gasteiger partial charge in [0, 0.05) is 18.6 Å².